The fourth-order valence-corrected chi connectivity index (χ4v) is 2.13. The van der Waals surface area contributed by atoms with E-state index in [-0.39, 0.29) is 0 Å². The van der Waals surface area contributed by atoms with E-state index in [1.165, 1.54) is 19.2 Å². The van der Waals surface area contributed by atoms with Crippen molar-refractivity contribution in [1.82, 2.24) is 9.97 Å². The number of aromatic nitrogens is 2. The number of hydrogen-bond acceptors (Lipinski definition) is 4. The molecule has 88 valence electrons. The molecule has 0 radical (unpaired) electrons. The summed E-state index contributed by atoms with van der Waals surface area (Å²) >= 11 is 3.47. The Hall–Kier alpha value is -0.840. The third-order valence-electron chi connectivity index (χ3n) is 2.85. The molecule has 0 aliphatic heterocycles. The molecule has 1 heterocycles. The van der Waals surface area contributed by atoms with Crippen LogP contribution in [0.5, 0.6) is 0 Å². The van der Waals surface area contributed by atoms with Gasteiger partial charge in [-0.15, -0.1) is 0 Å². The van der Waals surface area contributed by atoms with Crippen molar-refractivity contribution in [1.29, 1.82) is 0 Å². The summed E-state index contributed by atoms with van der Waals surface area (Å²) in [7, 11) is 0. The van der Waals surface area contributed by atoms with E-state index in [1.54, 1.807) is 0 Å². The summed E-state index contributed by atoms with van der Waals surface area (Å²) in [5.41, 5.74) is 5.78. The molecule has 16 heavy (non-hydrogen) atoms. The quantitative estimate of drug-likeness (QED) is 0.923. The van der Waals surface area contributed by atoms with E-state index in [0.717, 1.165) is 22.8 Å². The molecule has 1 aliphatic rings. The summed E-state index contributed by atoms with van der Waals surface area (Å²) in [6, 6.07) is 0.422. The van der Waals surface area contributed by atoms with Gasteiger partial charge in [-0.1, -0.05) is 0 Å². The monoisotopic (exact) mass is 284 g/mol. The van der Waals surface area contributed by atoms with Gasteiger partial charge in [-0.25, -0.2) is 9.97 Å². The molecule has 0 amide bonds. The van der Waals surface area contributed by atoms with Gasteiger partial charge in [0.25, 0.3) is 0 Å². The Bertz CT molecular complexity index is 376. The maximum Gasteiger partial charge on any atom is 0.148 e. The lowest BCUT2D eigenvalue weighted by molar-refractivity contribution is 0.634. The van der Waals surface area contributed by atoms with Crippen molar-refractivity contribution in [3.8, 4) is 0 Å². The van der Waals surface area contributed by atoms with Gasteiger partial charge in [0.05, 0.1) is 0 Å². The number of halogens is 1. The number of rotatable bonds is 4. The van der Waals surface area contributed by atoms with Gasteiger partial charge in [-0.3, -0.25) is 0 Å². The maximum absolute atomic E-state index is 5.78. The summed E-state index contributed by atoms with van der Waals surface area (Å²) < 4.78 is 0.810. The number of nitrogens with two attached hydrogens (primary N) is 1. The van der Waals surface area contributed by atoms with Crippen molar-refractivity contribution in [2.24, 2.45) is 5.92 Å². The Balaban J connectivity index is 2.26. The van der Waals surface area contributed by atoms with Gasteiger partial charge in [0.15, 0.2) is 0 Å². The van der Waals surface area contributed by atoms with E-state index in [2.05, 4.69) is 44.6 Å². The van der Waals surface area contributed by atoms with Crippen LogP contribution >= 0.6 is 15.9 Å². The lowest BCUT2D eigenvalue weighted by Gasteiger charge is -2.28. The average molecular weight is 285 g/mol. The van der Waals surface area contributed by atoms with E-state index in [1.807, 2.05) is 0 Å². The molecule has 5 heteroatoms. The molecule has 1 aromatic rings. The lowest BCUT2D eigenvalue weighted by Crippen LogP contribution is -2.34. The summed E-state index contributed by atoms with van der Waals surface area (Å²) in [5, 5.41) is 0. The van der Waals surface area contributed by atoms with Gasteiger partial charge >= 0.3 is 0 Å². The zero-order chi connectivity index (χ0) is 11.7. The highest BCUT2D eigenvalue weighted by Crippen LogP contribution is 2.35. The number of nitrogens with zero attached hydrogens (tertiary/aromatic N) is 3. The summed E-state index contributed by atoms with van der Waals surface area (Å²) in [4.78, 5) is 10.6. The second kappa shape index (κ2) is 4.57. The van der Waals surface area contributed by atoms with Crippen molar-refractivity contribution in [2.45, 2.75) is 32.7 Å². The highest BCUT2D eigenvalue weighted by Gasteiger charge is 2.27. The molecule has 2 N–H and O–H groups in total. The summed E-state index contributed by atoms with van der Waals surface area (Å²) in [5.74, 6) is 2.24. The Morgan fingerprint density at radius 2 is 2.19 bits per heavy atom. The van der Waals surface area contributed by atoms with Crippen molar-refractivity contribution >= 4 is 27.6 Å². The minimum Gasteiger partial charge on any atom is -0.383 e. The van der Waals surface area contributed by atoms with E-state index in [9.17, 15) is 0 Å². The fraction of sp³-hybridized carbons (Fsp3) is 0.636. The predicted molar refractivity (Wildman–Crippen MR) is 69.4 cm³/mol. The SMILES string of the molecule is CC(C)N(CC1CC1)c1ncnc(N)c1Br. The third-order valence-corrected chi connectivity index (χ3v) is 3.61. The van der Waals surface area contributed by atoms with Gasteiger partial charge in [0, 0.05) is 12.6 Å². The van der Waals surface area contributed by atoms with E-state index in [4.69, 9.17) is 5.73 Å². The molecule has 0 unspecified atom stereocenters. The fourth-order valence-electron chi connectivity index (χ4n) is 1.69. The third kappa shape index (κ3) is 2.45. The van der Waals surface area contributed by atoms with Crippen LogP contribution in [0.1, 0.15) is 26.7 Å². The Labute approximate surface area is 104 Å². The number of nitrogen functional groups attached to an aromatic ring is 1. The minimum atomic E-state index is 0.422. The smallest absolute Gasteiger partial charge is 0.148 e. The molecule has 0 saturated heterocycles. The summed E-state index contributed by atoms with van der Waals surface area (Å²) in [6.07, 6.45) is 4.19. The first-order valence-electron chi connectivity index (χ1n) is 5.62. The first-order valence-corrected chi connectivity index (χ1v) is 6.41. The molecule has 4 nitrogen and oxygen atoms in total. The van der Waals surface area contributed by atoms with Crippen LogP contribution in [0, 0.1) is 5.92 Å². The minimum absolute atomic E-state index is 0.422. The van der Waals surface area contributed by atoms with Crippen LogP contribution in [0.15, 0.2) is 10.8 Å². The number of hydrogen-bond donors (Lipinski definition) is 1. The van der Waals surface area contributed by atoms with Gasteiger partial charge < -0.3 is 10.6 Å². The maximum atomic E-state index is 5.78. The molecule has 1 fully saturated rings. The molecule has 0 aromatic carbocycles. The Morgan fingerprint density at radius 1 is 1.50 bits per heavy atom. The highest BCUT2D eigenvalue weighted by molar-refractivity contribution is 9.10. The van der Waals surface area contributed by atoms with Crippen molar-refractivity contribution < 1.29 is 0 Å². The molecule has 1 aliphatic carbocycles. The molecule has 1 saturated carbocycles. The zero-order valence-corrected chi connectivity index (χ0v) is 11.2. The summed E-state index contributed by atoms with van der Waals surface area (Å²) in [6.45, 7) is 5.41. The van der Waals surface area contributed by atoms with Crippen LogP contribution in [0.4, 0.5) is 11.6 Å². The normalized spacial score (nSPS) is 15.5. The predicted octanol–water partition coefficient (Wildman–Crippen LogP) is 2.45. The van der Waals surface area contributed by atoms with E-state index >= 15 is 0 Å². The van der Waals surface area contributed by atoms with Crippen LogP contribution in [-0.2, 0) is 0 Å². The molecule has 0 spiro atoms. The van der Waals surface area contributed by atoms with Gasteiger partial charge in [0.1, 0.15) is 22.4 Å². The second-order valence-electron chi connectivity index (χ2n) is 4.59. The highest BCUT2D eigenvalue weighted by atomic mass is 79.9. The van der Waals surface area contributed by atoms with Crippen LogP contribution in [-0.4, -0.2) is 22.6 Å². The van der Waals surface area contributed by atoms with E-state index < -0.39 is 0 Å². The topological polar surface area (TPSA) is 55.0 Å². The van der Waals surface area contributed by atoms with E-state index in [0.29, 0.717) is 11.9 Å². The van der Waals surface area contributed by atoms with Crippen LogP contribution < -0.4 is 10.6 Å². The van der Waals surface area contributed by atoms with Gasteiger partial charge in [-0.05, 0) is 48.5 Å². The number of anilines is 2. The molecular formula is C11H17BrN4. The largest absolute Gasteiger partial charge is 0.383 e. The molecular weight excluding hydrogens is 268 g/mol. The first-order chi connectivity index (χ1) is 7.59. The van der Waals surface area contributed by atoms with Crippen LogP contribution in [0.25, 0.3) is 0 Å². The molecule has 0 bridgehead atoms. The molecule has 1 aromatic heterocycles. The van der Waals surface area contributed by atoms with Crippen LogP contribution in [0.2, 0.25) is 0 Å². The lowest BCUT2D eigenvalue weighted by atomic mass is 10.2. The van der Waals surface area contributed by atoms with Crippen molar-refractivity contribution in [2.75, 3.05) is 17.2 Å². The van der Waals surface area contributed by atoms with Gasteiger partial charge in [0.2, 0.25) is 0 Å². The average Bonchev–Trinajstić information content (AvgIpc) is 3.03. The second-order valence-corrected chi connectivity index (χ2v) is 5.38. The molecule has 0 atom stereocenters. The standard InChI is InChI=1S/C11H17BrN4/c1-7(2)16(5-8-3-4-8)11-9(12)10(13)14-6-15-11/h6-8H,3-5H2,1-2H3,(H2,13,14,15). The molecule has 2 rings (SSSR count). The van der Waals surface area contributed by atoms with Gasteiger partial charge in [-0.2, -0.15) is 0 Å². The van der Waals surface area contributed by atoms with Crippen LogP contribution in [0.3, 0.4) is 0 Å². The van der Waals surface area contributed by atoms with Crippen molar-refractivity contribution in [3.05, 3.63) is 10.8 Å². The van der Waals surface area contributed by atoms with Crippen molar-refractivity contribution in [3.63, 3.8) is 0 Å². The Morgan fingerprint density at radius 3 is 2.75 bits per heavy atom. The zero-order valence-electron chi connectivity index (χ0n) is 9.65. The first kappa shape index (κ1) is 11.6. The Kier molecular flexibility index (Phi) is 3.33.